The number of thioether (sulfide) groups is 2. The summed E-state index contributed by atoms with van der Waals surface area (Å²) in [7, 11) is 0. The topological polar surface area (TPSA) is 17.8 Å². The largest absolute Gasteiger partial charge is 0.335 e. The first kappa shape index (κ1) is 13.4. The average Bonchev–Trinajstić information content (AvgIpc) is 3.05. The SMILES string of the molecule is Clc1ccc(CC2(Cn3ccnc3)SCCS2)cc1. The predicted octanol–water partition coefficient (Wildman–Crippen LogP) is 3.96. The van der Waals surface area contributed by atoms with E-state index in [2.05, 4.69) is 45.2 Å². The van der Waals surface area contributed by atoms with Crippen molar-refractivity contribution in [3.63, 3.8) is 0 Å². The van der Waals surface area contributed by atoms with Gasteiger partial charge in [-0.05, 0) is 24.1 Å². The molecule has 2 nitrogen and oxygen atoms in total. The lowest BCUT2D eigenvalue weighted by atomic mass is 10.1. The van der Waals surface area contributed by atoms with Gasteiger partial charge in [0.25, 0.3) is 0 Å². The van der Waals surface area contributed by atoms with Crippen LogP contribution >= 0.6 is 35.1 Å². The Morgan fingerprint density at radius 3 is 2.58 bits per heavy atom. The zero-order valence-electron chi connectivity index (χ0n) is 10.5. The molecular formula is C14H15ClN2S2. The zero-order valence-corrected chi connectivity index (χ0v) is 12.8. The van der Waals surface area contributed by atoms with E-state index < -0.39 is 0 Å². The van der Waals surface area contributed by atoms with E-state index in [4.69, 9.17) is 11.6 Å². The summed E-state index contributed by atoms with van der Waals surface area (Å²) in [5, 5.41) is 0.805. The molecule has 0 amide bonds. The molecule has 2 aromatic rings. The van der Waals surface area contributed by atoms with Crippen molar-refractivity contribution in [2.45, 2.75) is 17.0 Å². The Labute approximate surface area is 126 Å². The zero-order chi connectivity index (χ0) is 13.1. The molecule has 0 atom stereocenters. The molecule has 0 unspecified atom stereocenters. The fourth-order valence-electron chi connectivity index (χ4n) is 2.32. The third-order valence-electron chi connectivity index (χ3n) is 3.18. The first-order chi connectivity index (χ1) is 9.26. The smallest absolute Gasteiger partial charge is 0.0946 e. The van der Waals surface area contributed by atoms with Crippen molar-refractivity contribution >= 4 is 35.1 Å². The summed E-state index contributed by atoms with van der Waals surface area (Å²) in [4.78, 5) is 4.14. The lowest BCUT2D eigenvalue weighted by Crippen LogP contribution is -2.27. The maximum absolute atomic E-state index is 5.96. The van der Waals surface area contributed by atoms with Crippen LogP contribution in [0, 0.1) is 0 Å². The molecule has 1 aromatic carbocycles. The molecule has 1 aromatic heterocycles. The Hall–Kier alpha value is -0.580. The summed E-state index contributed by atoms with van der Waals surface area (Å²) >= 11 is 10.1. The van der Waals surface area contributed by atoms with Crippen LogP contribution in [0.2, 0.25) is 5.02 Å². The normalized spacial score (nSPS) is 17.7. The highest BCUT2D eigenvalue weighted by Crippen LogP contribution is 2.47. The molecule has 1 fully saturated rings. The minimum Gasteiger partial charge on any atom is -0.335 e. The third kappa shape index (κ3) is 3.30. The van der Waals surface area contributed by atoms with E-state index in [1.165, 1.54) is 17.1 Å². The van der Waals surface area contributed by atoms with Gasteiger partial charge in [-0.15, -0.1) is 23.5 Å². The molecule has 0 saturated carbocycles. The second kappa shape index (κ2) is 5.81. The van der Waals surface area contributed by atoms with Crippen LogP contribution in [-0.4, -0.2) is 25.1 Å². The van der Waals surface area contributed by atoms with Crippen LogP contribution in [0.25, 0.3) is 0 Å². The van der Waals surface area contributed by atoms with Gasteiger partial charge in [0.15, 0.2) is 0 Å². The highest BCUT2D eigenvalue weighted by atomic mass is 35.5. The molecule has 0 bridgehead atoms. The van der Waals surface area contributed by atoms with Crippen molar-refractivity contribution in [2.75, 3.05) is 11.5 Å². The van der Waals surface area contributed by atoms with E-state index in [1.54, 1.807) is 0 Å². The molecule has 5 heteroatoms. The maximum atomic E-state index is 5.96. The highest BCUT2D eigenvalue weighted by molar-refractivity contribution is 8.21. The molecule has 1 saturated heterocycles. The number of benzene rings is 1. The van der Waals surface area contributed by atoms with Crippen LogP contribution in [0.4, 0.5) is 0 Å². The van der Waals surface area contributed by atoms with E-state index >= 15 is 0 Å². The van der Waals surface area contributed by atoms with Gasteiger partial charge in [0.1, 0.15) is 0 Å². The van der Waals surface area contributed by atoms with Crippen LogP contribution in [0.5, 0.6) is 0 Å². The van der Waals surface area contributed by atoms with E-state index in [-0.39, 0.29) is 4.08 Å². The summed E-state index contributed by atoms with van der Waals surface area (Å²) < 4.78 is 2.41. The van der Waals surface area contributed by atoms with Gasteiger partial charge in [-0.2, -0.15) is 0 Å². The van der Waals surface area contributed by atoms with E-state index in [9.17, 15) is 0 Å². The number of rotatable bonds is 4. The molecule has 3 rings (SSSR count). The van der Waals surface area contributed by atoms with Crippen molar-refractivity contribution in [1.29, 1.82) is 0 Å². The summed E-state index contributed by atoms with van der Waals surface area (Å²) in [6.45, 7) is 1.00. The fourth-order valence-corrected chi connectivity index (χ4v) is 5.71. The Morgan fingerprint density at radius 1 is 1.21 bits per heavy atom. The Bertz CT molecular complexity index is 519. The van der Waals surface area contributed by atoms with Crippen molar-refractivity contribution < 1.29 is 0 Å². The second-order valence-electron chi connectivity index (χ2n) is 4.65. The van der Waals surface area contributed by atoms with E-state index in [0.717, 1.165) is 18.0 Å². The van der Waals surface area contributed by atoms with Crippen LogP contribution in [-0.2, 0) is 13.0 Å². The minimum atomic E-state index is 0.231. The molecule has 100 valence electrons. The maximum Gasteiger partial charge on any atom is 0.0946 e. The second-order valence-corrected chi connectivity index (χ2v) is 8.30. The van der Waals surface area contributed by atoms with Gasteiger partial charge in [-0.25, -0.2) is 4.98 Å². The molecule has 1 aliphatic heterocycles. The lowest BCUT2D eigenvalue weighted by molar-refractivity contribution is 0.625. The number of halogens is 1. The Kier molecular flexibility index (Phi) is 4.10. The average molecular weight is 311 g/mol. The van der Waals surface area contributed by atoms with Crippen molar-refractivity contribution in [2.24, 2.45) is 0 Å². The van der Waals surface area contributed by atoms with Gasteiger partial charge < -0.3 is 4.57 Å². The van der Waals surface area contributed by atoms with Crippen molar-refractivity contribution in [3.8, 4) is 0 Å². The van der Waals surface area contributed by atoms with E-state index in [0.29, 0.717) is 0 Å². The molecule has 0 spiro atoms. The molecule has 0 N–H and O–H groups in total. The molecular weight excluding hydrogens is 296 g/mol. The molecule has 19 heavy (non-hydrogen) atoms. The van der Waals surface area contributed by atoms with Crippen LogP contribution < -0.4 is 0 Å². The lowest BCUT2D eigenvalue weighted by Gasteiger charge is -2.27. The number of aromatic nitrogens is 2. The standard InChI is InChI=1S/C14H15ClN2S2/c15-13-3-1-12(2-4-13)9-14(18-7-8-19-14)10-17-6-5-16-11-17/h1-6,11H,7-10H2. The number of hydrogen-bond acceptors (Lipinski definition) is 3. The first-order valence-electron chi connectivity index (χ1n) is 6.24. The fraction of sp³-hybridized carbons (Fsp3) is 0.357. The highest BCUT2D eigenvalue weighted by Gasteiger charge is 2.36. The van der Waals surface area contributed by atoms with Gasteiger partial charge in [0, 0.05) is 35.5 Å². The number of hydrogen-bond donors (Lipinski definition) is 0. The van der Waals surface area contributed by atoms with Gasteiger partial charge in [-0.3, -0.25) is 0 Å². The monoisotopic (exact) mass is 310 g/mol. The summed E-state index contributed by atoms with van der Waals surface area (Å²) in [6.07, 6.45) is 6.87. The van der Waals surface area contributed by atoms with E-state index in [1.807, 2.05) is 30.9 Å². The van der Waals surface area contributed by atoms with Crippen molar-refractivity contribution in [3.05, 3.63) is 53.6 Å². The third-order valence-corrected chi connectivity index (χ3v) is 6.82. The summed E-state index contributed by atoms with van der Waals surface area (Å²) in [5.74, 6) is 2.46. The van der Waals surface area contributed by atoms with Gasteiger partial charge in [0.05, 0.1) is 10.4 Å². The summed E-state index contributed by atoms with van der Waals surface area (Å²) in [6, 6.07) is 8.23. The Morgan fingerprint density at radius 2 is 1.95 bits per heavy atom. The summed E-state index contributed by atoms with van der Waals surface area (Å²) in [5.41, 5.74) is 1.35. The minimum absolute atomic E-state index is 0.231. The number of imidazole rings is 1. The predicted molar refractivity (Wildman–Crippen MR) is 85.0 cm³/mol. The van der Waals surface area contributed by atoms with Crippen LogP contribution in [0.3, 0.4) is 0 Å². The van der Waals surface area contributed by atoms with Crippen molar-refractivity contribution in [1.82, 2.24) is 9.55 Å². The molecule has 1 aliphatic rings. The first-order valence-corrected chi connectivity index (χ1v) is 8.59. The Balaban J connectivity index is 1.78. The molecule has 2 heterocycles. The van der Waals surface area contributed by atoms with Gasteiger partial charge in [0.2, 0.25) is 0 Å². The van der Waals surface area contributed by atoms with Gasteiger partial charge in [-0.1, -0.05) is 23.7 Å². The number of nitrogens with zero attached hydrogens (tertiary/aromatic N) is 2. The van der Waals surface area contributed by atoms with Crippen LogP contribution in [0.15, 0.2) is 43.0 Å². The quantitative estimate of drug-likeness (QED) is 0.851. The molecule has 0 radical (unpaired) electrons. The van der Waals surface area contributed by atoms with Crippen LogP contribution in [0.1, 0.15) is 5.56 Å². The molecule has 0 aliphatic carbocycles. The van der Waals surface area contributed by atoms with Gasteiger partial charge >= 0.3 is 0 Å².